The van der Waals surface area contributed by atoms with Gasteiger partial charge in [0.15, 0.2) is 11.5 Å². The van der Waals surface area contributed by atoms with Crippen molar-refractivity contribution in [2.75, 3.05) is 27.8 Å². The Balaban J connectivity index is 1.77. The molecule has 0 bridgehead atoms. The van der Waals surface area contributed by atoms with Crippen LogP contribution in [0, 0.1) is 0 Å². The monoisotopic (exact) mass is 384 g/mol. The second-order valence-electron chi connectivity index (χ2n) is 8.20. The van der Waals surface area contributed by atoms with Crippen LogP contribution in [0.25, 0.3) is 32.9 Å². The number of ether oxygens (including phenoxy) is 2. The molecule has 29 heavy (non-hydrogen) atoms. The van der Waals surface area contributed by atoms with Crippen molar-refractivity contribution in [3.63, 3.8) is 0 Å². The van der Waals surface area contributed by atoms with Crippen LogP contribution in [0.2, 0.25) is 0 Å². The molecule has 1 unspecified atom stereocenters. The predicted molar refractivity (Wildman–Crippen MR) is 117 cm³/mol. The van der Waals surface area contributed by atoms with E-state index in [0.717, 1.165) is 30.9 Å². The van der Waals surface area contributed by atoms with Gasteiger partial charge in [-0.15, -0.1) is 0 Å². The van der Waals surface area contributed by atoms with E-state index in [1.54, 1.807) is 14.2 Å². The standard InChI is InChI=1S/C25H24N2O2/c1-27-11-10-15-12-20(28-2)25(29-3)23-21(15)19(27)13-17-22-16-7-5-4-6-14(16)8-9-18(22)26-24(17)23/h4-9,12,19,26H,10-11,13H2,1-3H3. The van der Waals surface area contributed by atoms with E-state index in [2.05, 4.69) is 59.4 Å². The Labute approximate surface area is 170 Å². The number of H-pyrrole nitrogens is 1. The van der Waals surface area contributed by atoms with E-state index in [1.165, 1.54) is 49.6 Å². The van der Waals surface area contributed by atoms with Crippen LogP contribution in [0.15, 0.2) is 42.5 Å². The molecule has 2 aliphatic rings. The van der Waals surface area contributed by atoms with Gasteiger partial charge in [0.05, 0.1) is 19.9 Å². The molecule has 1 atom stereocenters. The number of methoxy groups -OCH3 is 2. The summed E-state index contributed by atoms with van der Waals surface area (Å²) in [5.74, 6) is 1.66. The maximum Gasteiger partial charge on any atom is 0.170 e. The van der Waals surface area contributed by atoms with Crippen LogP contribution < -0.4 is 9.47 Å². The minimum atomic E-state index is 0.360. The van der Waals surface area contributed by atoms with E-state index < -0.39 is 0 Å². The Morgan fingerprint density at radius 3 is 2.76 bits per heavy atom. The van der Waals surface area contributed by atoms with Crippen LogP contribution in [0.5, 0.6) is 11.5 Å². The summed E-state index contributed by atoms with van der Waals surface area (Å²) in [4.78, 5) is 6.24. The average molecular weight is 384 g/mol. The second kappa shape index (κ2) is 6.01. The van der Waals surface area contributed by atoms with Crippen molar-refractivity contribution in [3.05, 3.63) is 59.2 Å². The van der Waals surface area contributed by atoms with Crippen molar-refractivity contribution in [1.82, 2.24) is 9.88 Å². The molecule has 1 N–H and O–H groups in total. The van der Waals surface area contributed by atoms with Gasteiger partial charge in [-0.1, -0.05) is 30.3 Å². The first kappa shape index (κ1) is 16.9. The van der Waals surface area contributed by atoms with E-state index in [9.17, 15) is 0 Å². The first-order valence-corrected chi connectivity index (χ1v) is 10.2. The highest BCUT2D eigenvalue weighted by molar-refractivity contribution is 6.11. The highest BCUT2D eigenvalue weighted by Gasteiger charge is 2.38. The van der Waals surface area contributed by atoms with Gasteiger partial charge >= 0.3 is 0 Å². The second-order valence-corrected chi connectivity index (χ2v) is 8.20. The molecule has 4 aromatic rings. The molecule has 4 nitrogen and oxygen atoms in total. The van der Waals surface area contributed by atoms with Gasteiger partial charge in [0.2, 0.25) is 0 Å². The topological polar surface area (TPSA) is 37.5 Å². The van der Waals surface area contributed by atoms with Gasteiger partial charge in [-0.2, -0.15) is 0 Å². The SMILES string of the molecule is COc1cc2c3c(c1OC)-c1[nH]c4ccc5ccccc5c4c1CC3N(C)CC2. The molecule has 0 fully saturated rings. The number of aromatic amines is 1. The number of hydrogen-bond acceptors (Lipinski definition) is 3. The van der Waals surface area contributed by atoms with Gasteiger partial charge in [0, 0.05) is 29.1 Å². The van der Waals surface area contributed by atoms with Crippen LogP contribution >= 0.6 is 0 Å². The summed E-state index contributed by atoms with van der Waals surface area (Å²) in [6.07, 6.45) is 2.05. The fourth-order valence-corrected chi connectivity index (χ4v) is 5.48. The zero-order valence-corrected chi connectivity index (χ0v) is 17.0. The number of rotatable bonds is 2. The molecule has 0 amide bonds. The zero-order valence-electron chi connectivity index (χ0n) is 17.0. The minimum absolute atomic E-state index is 0.360. The molecule has 0 spiro atoms. The van der Waals surface area contributed by atoms with Gasteiger partial charge in [0.1, 0.15) is 0 Å². The van der Waals surface area contributed by atoms with E-state index in [4.69, 9.17) is 9.47 Å². The number of nitrogens with one attached hydrogen (secondary N) is 1. The number of likely N-dealkylation sites (N-methyl/N-ethyl adjacent to an activating group) is 1. The minimum Gasteiger partial charge on any atom is -0.493 e. The molecule has 6 rings (SSSR count). The first-order chi connectivity index (χ1) is 14.2. The number of benzene rings is 3. The van der Waals surface area contributed by atoms with E-state index in [1.807, 2.05) is 0 Å². The van der Waals surface area contributed by atoms with Gasteiger partial charge in [-0.3, -0.25) is 4.90 Å². The number of hydrogen-bond donors (Lipinski definition) is 1. The molecular formula is C25H24N2O2. The Morgan fingerprint density at radius 1 is 1.07 bits per heavy atom. The van der Waals surface area contributed by atoms with Gasteiger partial charge in [-0.25, -0.2) is 0 Å². The zero-order chi connectivity index (χ0) is 19.7. The Kier molecular flexibility index (Phi) is 3.51. The Bertz CT molecular complexity index is 1290. The molecular weight excluding hydrogens is 360 g/mol. The van der Waals surface area contributed by atoms with Crippen LogP contribution in [-0.4, -0.2) is 37.7 Å². The maximum absolute atomic E-state index is 5.92. The molecule has 1 aromatic heterocycles. The van der Waals surface area contributed by atoms with Gasteiger partial charge in [-0.05, 0) is 59.5 Å². The van der Waals surface area contributed by atoms with Crippen LogP contribution in [0.4, 0.5) is 0 Å². The molecule has 4 heteroatoms. The summed E-state index contributed by atoms with van der Waals surface area (Å²) in [5.41, 5.74) is 7.73. The lowest BCUT2D eigenvalue weighted by Gasteiger charge is -2.39. The summed E-state index contributed by atoms with van der Waals surface area (Å²) < 4.78 is 11.7. The van der Waals surface area contributed by atoms with Crippen molar-refractivity contribution in [2.24, 2.45) is 0 Å². The summed E-state index contributed by atoms with van der Waals surface area (Å²) >= 11 is 0. The lowest BCUT2D eigenvalue weighted by atomic mass is 9.78. The summed E-state index contributed by atoms with van der Waals surface area (Å²) in [5, 5.41) is 3.93. The normalized spacial score (nSPS) is 18.0. The first-order valence-electron chi connectivity index (χ1n) is 10.2. The van der Waals surface area contributed by atoms with Gasteiger partial charge in [0.25, 0.3) is 0 Å². The lowest BCUT2D eigenvalue weighted by molar-refractivity contribution is 0.227. The Morgan fingerprint density at radius 2 is 1.93 bits per heavy atom. The van der Waals surface area contributed by atoms with Gasteiger partial charge < -0.3 is 14.5 Å². The summed E-state index contributed by atoms with van der Waals surface area (Å²) in [6.45, 7) is 1.06. The van der Waals surface area contributed by atoms with Crippen LogP contribution in [-0.2, 0) is 12.8 Å². The fourth-order valence-electron chi connectivity index (χ4n) is 5.48. The van der Waals surface area contributed by atoms with Crippen LogP contribution in [0.1, 0.15) is 22.7 Å². The summed E-state index contributed by atoms with van der Waals surface area (Å²) in [6, 6.07) is 15.6. The third-order valence-electron chi connectivity index (χ3n) is 6.83. The fraction of sp³-hybridized carbons (Fsp3) is 0.280. The Hall–Kier alpha value is -2.98. The number of nitrogens with zero attached hydrogens (tertiary/aromatic N) is 1. The third kappa shape index (κ3) is 2.18. The smallest absolute Gasteiger partial charge is 0.170 e. The van der Waals surface area contributed by atoms with E-state index >= 15 is 0 Å². The maximum atomic E-state index is 5.92. The molecule has 0 radical (unpaired) electrons. The average Bonchev–Trinajstić information content (AvgIpc) is 3.14. The summed E-state index contributed by atoms with van der Waals surface area (Å²) in [7, 11) is 5.71. The highest BCUT2D eigenvalue weighted by Crippen LogP contribution is 2.53. The van der Waals surface area contributed by atoms with Crippen molar-refractivity contribution in [2.45, 2.75) is 18.9 Å². The quantitative estimate of drug-likeness (QED) is 0.523. The molecule has 1 aliphatic carbocycles. The molecule has 0 saturated heterocycles. The highest BCUT2D eigenvalue weighted by atomic mass is 16.5. The van der Waals surface area contributed by atoms with Crippen LogP contribution in [0.3, 0.4) is 0 Å². The predicted octanol–water partition coefficient (Wildman–Crippen LogP) is 5.09. The molecule has 146 valence electrons. The van der Waals surface area contributed by atoms with E-state index in [-0.39, 0.29) is 0 Å². The van der Waals surface area contributed by atoms with Crippen molar-refractivity contribution < 1.29 is 9.47 Å². The number of fused-ring (bicyclic) bond motifs is 6. The van der Waals surface area contributed by atoms with E-state index in [0.29, 0.717) is 6.04 Å². The van der Waals surface area contributed by atoms with Crippen molar-refractivity contribution >= 4 is 21.7 Å². The van der Waals surface area contributed by atoms with Crippen molar-refractivity contribution in [3.8, 4) is 22.8 Å². The molecule has 2 heterocycles. The lowest BCUT2D eigenvalue weighted by Crippen LogP contribution is -2.35. The van der Waals surface area contributed by atoms with Crippen molar-refractivity contribution in [1.29, 1.82) is 0 Å². The largest absolute Gasteiger partial charge is 0.493 e. The molecule has 0 saturated carbocycles. The molecule has 3 aromatic carbocycles. The molecule has 1 aliphatic heterocycles. The third-order valence-corrected chi connectivity index (χ3v) is 6.83. The number of aromatic nitrogens is 1.